The van der Waals surface area contributed by atoms with Crippen molar-refractivity contribution in [2.45, 2.75) is 27.2 Å². The molecule has 0 saturated heterocycles. The smallest absolute Gasteiger partial charge is 0.0133 e. The third-order valence-corrected chi connectivity index (χ3v) is 3.44. The number of hydrogen-bond acceptors (Lipinski definition) is 0. The zero-order valence-corrected chi connectivity index (χ0v) is 8.09. The van der Waals surface area contributed by atoms with Crippen molar-refractivity contribution in [3.8, 4) is 0 Å². The highest BCUT2D eigenvalue weighted by molar-refractivity contribution is 5.43. The molecule has 0 radical (unpaired) electrons. The molecule has 2 aliphatic rings. The van der Waals surface area contributed by atoms with E-state index in [1.54, 1.807) is 11.1 Å². The summed E-state index contributed by atoms with van der Waals surface area (Å²) in [6.45, 7) is 6.91. The maximum Gasteiger partial charge on any atom is 0.0133 e. The van der Waals surface area contributed by atoms with Gasteiger partial charge in [-0.25, -0.2) is 0 Å². The van der Waals surface area contributed by atoms with E-state index in [1.807, 2.05) is 0 Å². The first-order valence-corrected chi connectivity index (χ1v) is 4.71. The normalized spacial score (nSPS) is 39.1. The molecule has 64 valence electrons. The van der Waals surface area contributed by atoms with Gasteiger partial charge in [0.2, 0.25) is 0 Å². The Morgan fingerprint density at radius 2 is 2.25 bits per heavy atom. The lowest BCUT2D eigenvalue weighted by molar-refractivity contribution is 0.477. The van der Waals surface area contributed by atoms with E-state index in [-0.39, 0.29) is 0 Å². The Morgan fingerprint density at radius 1 is 1.50 bits per heavy atom. The van der Waals surface area contributed by atoms with Crippen molar-refractivity contribution < 1.29 is 0 Å². The summed E-state index contributed by atoms with van der Waals surface area (Å²) in [4.78, 5) is 0. The molecule has 0 heterocycles. The van der Waals surface area contributed by atoms with Gasteiger partial charge in [0.25, 0.3) is 0 Å². The summed E-state index contributed by atoms with van der Waals surface area (Å²) < 4.78 is 0. The average Bonchev–Trinajstić information content (AvgIpc) is 2.25. The molecular weight excluding hydrogens is 144 g/mol. The summed E-state index contributed by atoms with van der Waals surface area (Å²) >= 11 is 0. The van der Waals surface area contributed by atoms with E-state index in [0.717, 1.165) is 0 Å². The number of hydrogen-bond donors (Lipinski definition) is 0. The molecule has 0 bridgehead atoms. The third kappa shape index (κ3) is 0.841. The van der Waals surface area contributed by atoms with Crippen molar-refractivity contribution >= 4 is 0 Å². The van der Waals surface area contributed by atoms with Crippen molar-refractivity contribution in [1.29, 1.82) is 0 Å². The molecule has 12 heavy (non-hydrogen) atoms. The number of allylic oxidation sites excluding steroid dienone is 6. The molecule has 2 atom stereocenters. The molecule has 0 saturated carbocycles. The Balaban J connectivity index is 2.48. The van der Waals surface area contributed by atoms with Crippen LogP contribution >= 0.6 is 0 Å². The van der Waals surface area contributed by atoms with Crippen molar-refractivity contribution in [3.05, 3.63) is 35.5 Å². The van der Waals surface area contributed by atoms with Gasteiger partial charge in [0.1, 0.15) is 0 Å². The minimum absolute atomic E-state index is 0.355. The van der Waals surface area contributed by atoms with Crippen molar-refractivity contribution in [3.63, 3.8) is 0 Å². The van der Waals surface area contributed by atoms with Crippen molar-refractivity contribution in [2.24, 2.45) is 11.3 Å². The van der Waals surface area contributed by atoms with Crippen LogP contribution in [-0.4, -0.2) is 0 Å². The molecule has 0 amide bonds. The van der Waals surface area contributed by atoms with Crippen LogP contribution in [0.3, 0.4) is 0 Å². The zero-order valence-electron chi connectivity index (χ0n) is 8.09. The van der Waals surface area contributed by atoms with Gasteiger partial charge in [-0.1, -0.05) is 49.3 Å². The summed E-state index contributed by atoms with van der Waals surface area (Å²) in [6, 6.07) is 0. The highest BCUT2D eigenvalue weighted by atomic mass is 14.4. The van der Waals surface area contributed by atoms with Gasteiger partial charge >= 0.3 is 0 Å². The minimum Gasteiger partial charge on any atom is -0.0833 e. The molecule has 0 spiro atoms. The summed E-state index contributed by atoms with van der Waals surface area (Å²) in [5, 5.41) is 0. The van der Waals surface area contributed by atoms with E-state index in [1.165, 1.54) is 6.42 Å². The van der Waals surface area contributed by atoms with Crippen LogP contribution in [0.25, 0.3) is 0 Å². The highest BCUT2D eigenvalue weighted by Gasteiger charge is 2.37. The predicted octanol–water partition coefficient (Wildman–Crippen LogP) is 3.48. The highest BCUT2D eigenvalue weighted by Crippen LogP contribution is 2.49. The van der Waals surface area contributed by atoms with E-state index >= 15 is 0 Å². The average molecular weight is 160 g/mol. The largest absolute Gasteiger partial charge is 0.0833 e. The van der Waals surface area contributed by atoms with E-state index in [2.05, 4.69) is 45.1 Å². The summed E-state index contributed by atoms with van der Waals surface area (Å²) in [5.41, 5.74) is 3.50. The standard InChI is InChI=1S/C12H16/c1-9-8-10(2)12(3)7-5-4-6-11(9)12/h4-6,8-9H,7H2,1-3H3. The third-order valence-electron chi connectivity index (χ3n) is 3.44. The molecule has 0 aromatic carbocycles. The van der Waals surface area contributed by atoms with Gasteiger partial charge in [-0.15, -0.1) is 0 Å². The van der Waals surface area contributed by atoms with Gasteiger partial charge in [0.05, 0.1) is 0 Å². The van der Waals surface area contributed by atoms with Crippen LogP contribution in [0.2, 0.25) is 0 Å². The fraction of sp³-hybridized carbons (Fsp3) is 0.500. The fourth-order valence-corrected chi connectivity index (χ4v) is 2.47. The maximum atomic E-state index is 2.40. The van der Waals surface area contributed by atoms with Crippen LogP contribution in [0.15, 0.2) is 35.5 Å². The topological polar surface area (TPSA) is 0 Å². The summed E-state index contributed by atoms with van der Waals surface area (Å²) in [5.74, 6) is 0.653. The van der Waals surface area contributed by atoms with E-state index in [4.69, 9.17) is 0 Å². The van der Waals surface area contributed by atoms with Crippen LogP contribution < -0.4 is 0 Å². The van der Waals surface area contributed by atoms with Crippen molar-refractivity contribution in [2.75, 3.05) is 0 Å². The molecule has 0 aromatic heterocycles. The maximum absolute atomic E-state index is 2.40. The van der Waals surface area contributed by atoms with Gasteiger partial charge in [-0.05, 0) is 19.3 Å². The van der Waals surface area contributed by atoms with Gasteiger partial charge in [-0.2, -0.15) is 0 Å². The second-order valence-corrected chi connectivity index (χ2v) is 4.22. The Bertz CT molecular complexity index is 291. The van der Waals surface area contributed by atoms with Crippen molar-refractivity contribution in [1.82, 2.24) is 0 Å². The SMILES string of the molecule is CC1=CC(C)C2=CC=CCC12C. The summed E-state index contributed by atoms with van der Waals surface area (Å²) in [7, 11) is 0. The Hall–Kier alpha value is -0.780. The molecule has 0 aromatic rings. The molecule has 0 N–H and O–H groups in total. The lowest BCUT2D eigenvalue weighted by Crippen LogP contribution is -2.19. The molecule has 0 aliphatic heterocycles. The first-order valence-electron chi connectivity index (χ1n) is 4.71. The van der Waals surface area contributed by atoms with Gasteiger partial charge in [-0.3, -0.25) is 0 Å². The first kappa shape index (κ1) is 7.85. The van der Waals surface area contributed by atoms with Gasteiger partial charge in [0.15, 0.2) is 0 Å². The van der Waals surface area contributed by atoms with Crippen LogP contribution in [-0.2, 0) is 0 Å². The monoisotopic (exact) mass is 160 g/mol. The Kier molecular flexibility index (Phi) is 1.54. The molecule has 0 nitrogen and oxygen atoms in total. The number of rotatable bonds is 0. The first-order chi connectivity index (χ1) is 5.64. The van der Waals surface area contributed by atoms with Gasteiger partial charge < -0.3 is 0 Å². The molecular formula is C12H16. The quantitative estimate of drug-likeness (QED) is 0.476. The lowest BCUT2D eigenvalue weighted by atomic mass is 9.73. The second kappa shape index (κ2) is 2.35. The second-order valence-electron chi connectivity index (χ2n) is 4.22. The van der Waals surface area contributed by atoms with E-state index in [0.29, 0.717) is 11.3 Å². The summed E-state index contributed by atoms with van der Waals surface area (Å²) in [6.07, 6.45) is 10.4. The van der Waals surface area contributed by atoms with Gasteiger partial charge in [0, 0.05) is 5.41 Å². The molecule has 0 heteroatoms. The van der Waals surface area contributed by atoms with E-state index < -0.39 is 0 Å². The zero-order chi connectivity index (χ0) is 8.77. The molecule has 2 unspecified atom stereocenters. The number of fused-ring (bicyclic) bond motifs is 1. The van der Waals surface area contributed by atoms with Crippen LogP contribution in [0.5, 0.6) is 0 Å². The Labute approximate surface area is 74.7 Å². The minimum atomic E-state index is 0.355. The predicted molar refractivity (Wildman–Crippen MR) is 52.9 cm³/mol. The molecule has 2 rings (SSSR count). The van der Waals surface area contributed by atoms with Crippen LogP contribution in [0, 0.1) is 11.3 Å². The van der Waals surface area contributed by atoms with Crippen LogP contribution in [0.1, 0.15) is 27.2 Å². The fourth-order valence-electron chi connectivity index (χ4n) is 2.47. The van der Waals surface area contributed by atoms with Crippen LogP contribution in [0.4, 0.5) is 0 Å². The molecule has 0 fully saturated rings. The van der Waals surface area contributed by atoms with E-state index in [9.17, 15) is 0 Å². The Morgan fingerprint density at radius 3 is 2.92 bits per heavy atom. The molecule has 2 aliphatic carbocycles. The lowest BCUT2D eigenvalue weighted by Gasteiger charge is -2.30.